The zero-order valence-corrected chi connectivity index (χ0v) is 10.2. The molecule has 16 heavy (non-hydrogen) atoms. The van der Waals surface area contributed by atoms with E-state index in [1.807, 2.05) is 18.3 Å². The molecule has 1 rings (SSSR count). The van der Waals surface area contributed by atoms with Gasteiger partial charge in [-0.1, -0.05) is 36.4 Å². The van der Waals surface area contributed by atoms with Crippen LogP contribution in [0.15, 0.2) is 42.1 Å². The Kier molecular flexibility index (Phi) is 5.65. The van der Waals surface area contributed by atoms with Gasteiger partial charge in [-0.2, -0.15) is 0 Å². The predicted octanol–water partition coefficient (Wildman–Crippen LogP) is 3.18. The van der Waals surface area contributed by atoms with E-state index in [0.717, 1.165) is 5.56 Å². The first kappa shape index (κ1) is 12.8. The third-order valence-electron chi connectivity index (χ3n) is 2.09. The van der Waals surface area contributed by atoms with E-state index in [9.17, 15) is 0 Å². The van der Waals surface area contributed by atoms with E-state index < -0.39 is 0 Å². The van der Waals surface area contributed by atoms with Gasteiger partial charge in [0, 0.05) is 6.21 Å². The van der Waals surface area contributed by atoms with Gasteiger partial charge in [-0.05, 0) is 12.5 Å². The normalized spacial score (nSPS) is 12.6. The van der Waals surface area contributed by atoms with Gasteiger partial charge in [-0.3, -0.25) is 4.99 Å². The largest absolute Gasteiger partial charge is 0.495 e. The highest BCUT2D eigenvalue weighted by Crippen LogP contribution is 2.01. The Hall–Kier alpha value is -1.28. The van der Waals surface area contributed by atoms with Crippen LogP contribution in [-0.2, 0) is 4.74 Å². The van der Waals surface area contributed by atoms with E-state index >= 15 is 0 Å². The Labute approximate surface area is 102 Å². The topological polar surface area (TPSA) is 21.6 Å². The van der Waals surface area contributed by atoms with Crippen LogP contribution >= 0.6 is 11.6 Å². The van der Waals surface area contributed by atoms with Crippen molar-refractivity contribution in [1.82, 2.24) is 0 Å². The molecule has 1 aromatic carbocycles. The second-order valence-electron chi connectivity index (χ2n) is 3.48. The smallest absolute Gasteiger partial charge is 0.131 e. The summed E-state index contributed by atoms with van der Waals surface area (Å²) in [5.74, 6) is 0.414. The van der Waals surface area contributed by atoms with Crippen molar-refractivity contribution in [2.45, 2.75) is 13.0 Å². The van der Waals surface area contributed by atoms with Crippen LogP contribution in [0, 0.1) is 6.92 Å². The molecule has 3 heteroatoms. The average molecular weight is 238 g/mol. The number of alkyl halides is 1. The Balaban J connectivity index is 2.47. The summed E-state index contributed by atoms with van der Waals surface area (Å²) in [6.07, 6.45) is 3.13. The van der Waals surface area contributed by atoms with E-state index in [2.05, 4.69) is 30.6 Å². The number of aliphatic imine (C=N–C) groups is 1. The number of hydrogen-bond acceptors (Lipinski definition) is 2. The number of benzene rings is 1. The molecule has 0 aliphatic rings. The van der Waals surface area contributed by atoms with Gasteiger partial charge in [0.2, 0.25) is 0 Å². The zero-order chi connectivity index (χ0) is 11.8. The van der Waals surface area contributed by atoms with Crippen molar-refractivity contribution >= 4 is 17.8 Å². The second-order valence-corrected chi connectivity index (χ2v) is 3.79. The van der Waals surface area contributed by atoms with Gasteiger partial charge in [0.25, 0.3) is 0 Å². The van der Waals surface area contributed by atoms with E-state index in [1.54, 1.807) is 0 Å². The molecule has 0 aliphatic heterocycles. The van der Waals surface area contributed by atoms with Gasteiger partial charge in [0.05, 0.1) is 18.7 Å². The molecule has 0 amide bonds. The van der Waals surface area contributed by atoms with Gasteiger partial charge < -0.3 is 4.74 Å². The van der Waals surface area contributed by atoms with Gasteiger partial charge >= 0.3 is 0 Å². The van der Waals surface area contributed by atoms with Crippen LogP contribution in [0.4, 0.5) is 0 Å². The molecule has 0 saturated carbocycles. The minimum atomic E-state index is -0.0964. The molecule has 0 unspecified atom stereocenters. The number of aryl methyl sites for hydroxylation is 1. The molecule has 0 aliphatic carbocycles. The monoisotopic (exact) mass is 237 g/mol. The first-order valence-corrected chi connectivity index (χ1v) is 5.68. The molecule has 0 bridgehead atoms. The van der Waals surface area contributed by atoms with Crippen molar-refractivity contribution in [3.05, 3.63) is 48.2 Å². The Morgan fingerprint density at radius 3 is 2.69 bits per heavy atom. The van der Waals surface area contributed by atoms with Crippen LogP contribution in [0.5, 0.6) is 0 Å². The van der Waals surface area contributed by atoms with E-state index in [-0.39, 0.29) is 6.10 Å². The molecule has 0 aromatic heterocycles. The SMILES string of the molecule is C=CO[C@H](CCl)CN=Cc1ccc(C)cc1. The summed E-state index contributed by atoms with van der Waals surface area (Å²) < 4.78 is 5.17. The number of nitrogens with zero attached hydrogens (tertiary/aromatic N) is 1. The summed E-state index contributed by atoms with van der Waals surface area (Å²) in [6.45, 7) is 6.09. The molecule has 86 valence electrons. The lowest BCUT2D eigenvalue weighted by Gasteiger charge is -2.09. The third kappa shape index (κ3) is 4.49. The number of halogens is 1. The molecule has 0 radical (unpaired) electrons. The van der Waals surface area contributed by atoms with Crippen molar-refractivity contribution < 1.29 is 4.74 Å². The molecule has 0 N–H and O–H groups in total. The van der Waals surface area contributed by atoms with Gasteiger partial charge in [0.15, 0.2) is 0 Å². The van der Waals surface area contributed by atoms with Crippen LogP contribution in [-0.4, -0.2) is 24.7 Å². The van der Waals surface area contributed by atoms with E-state index in [4.69, 9.17) is 16.3 Å². The first-order chi connectivity index (χ1) is 7.76. The van der Waals surface area contributed by atoms with Crippen LogP contribution in [0.1, 0.15) is 11.1 Å². The molecular formula is C13H16ClNO. The fourth-order valence-corrected chi connectivity index (χ4v) is 1.36. The first-order valence-electron chi connectivity index (χ1n) is 5.15. The molecule has 0 saturated heterocycles. The number of rotatable bonds is 6. The summed E-state index contributed by atoms with van der Waals surface area (Å²) in [6, 6.07) is 8.17. The van der Waals surface area contributed by atoms with E-state index in [0.29, 0.717) is 12.4 Å². The number of hydrogen-bond donors (Lipinski definition) is 0. The highest BCUT2D eigenvalue weighted by Gasteiger charge is 2.03. The maximum absolute atomic E-state index is 5.70. The lowest BCUT2D eigenvalue weighted by molar-refractivity contribution is 0.173. The van der Waals surface area contributed by atoms with Gasteiger partial charge in [0.1, 0.15) is 6.10 Å². The van der Waals surface area contributed by atoms with Crippen molar-refractivity contribution in [1.29, 1.82) is 0 Å². The minimum Gasteiger partial charge on any atom is -0.495 e. The van der Waals surface area contributed by atoms with Crippen LogP contribution in [0.3, 0.4) is 0 Å². The van der Waals surface area contributed by atoms with E-state index in [1.165, 1.54) is 11.8 Å². The van der Waals surface area contributed by atoms with Crippen molar-refractivity contribution in [3.63, 3.8) is 0 Å². The maximum Gasteiger partial charge on any atom is 0.131 e. The zero-order valence-electron chi connectivity index (χ0n) is 9.40. The highest BCUT2D eigenvalue weighted by molar-refractivity contribution is 6.18. The lowest BCUT2D eigenvalue weighted by atomic mass is 10.2. The second kappa shape index (κ2) is 7.07. The maximum atomic E-state index is 5.70. The molecular weight excluding hydrogens is 222 g/mol. The lowest BCUT2D eigenvalue weighted by Crippen LogP contribution is -2.15. The summed E-state index contributed by atoms with van der Waals surface area (Å²) >= 11 is 5.70. The van der Waals surface area contributed by atoms with Crippen molar-refractivity contribution in [2.75, 3.05) is 12.4 Å². The predicted molar refractivity (Wildman–Crippen MR) is 69.4 cm³/mol. The van der Waals surface area contributed by atoms with Crippen molar-refractivity contribution in [2.24, 2.45) is 4.99 Å². The minimum absolute atomic E-state index is 0.0964. The molecule has 2 nitrogen and oxygen atoms in total. The average Bonchev–Trinajstić information content (AvgIpc) is 2.30. The highest BCUT2D eigenvalue weighted by atomic mass is 35.5. The van der Waals surface area contributed by atoms with Crippen LogP contribution < -0.4 is 0 Å². The summed E-state index contributed by atoms with van der Waals surface area (Å²) in [7, 11) is 0. The quantitative estimate of drug-likeness (QED) is 0.423. The van der Waals surface area contributed by atoms with Gasteiger partial charge in [-0.25, -0.2) is 0 Å². The van der Waals surface area contributed by atoms with Crippen LogP contribution in [0.2, 0.25) is 0 Å². The standard InChI is InChI=1S/C13H16ClNO/c1-3-16-13(8-14)10-15-9-12-6-4-11(2)5-7-12/h3-7,9,13H,1,8,10H2,2H3/t13-/m1/s1. The molecule has 1 atom stereocenters. The van der Waals surface area contributed by atoms with Gasteiger partial charge in [-0.15, -0.1) is 11.6 Å². The van der Waals surface area contributed by atoms with Crippen LogP contribution in [0.25, 0.3) is 0 Å². The summed E-state index contributed by atoms with van der Waals surface area (Å²) in [5, 5.41) is 0. The molecule has 0 spiro atoms. The summed E-state index contributed by atoms with van der Waals surface area (Å²) in [5.41, 5.74) is 2.32. The Morgan fingerprint density at radius 2 is 2.12 bits per heavy atom. The summed E-state index contributed by atoms with van der Waals surface area (Å²) in [4.78, 5) is 4.28. The van der Waals surface area contributed by atoms with Crippen molar-refractivity contribution in [3.8, 4) is 0 Å². The Bertz CT molecular complexity index is 345. The molecule has 0 fully saturated rings. The fraction of sp³-hybridized carbons (Fsp3) is 0.308. The Morgan fingerprint density at radius 1 is 1.44 bits per heavy atom. The molecule has 0 heterocycles. The molecule has 1 aromatic rings. The number of ether oxygens (including phenoxy) is 1. The third-order valence-corrected chi connectivity index (χ3v) is 2.43. The fourth-order valence-electron chi connectivity index (χ4n) is 1.19.